The summed E-state index contributed by atoms with van der Waals surface area (Å²) in [5, 5.41) is 0.329. The summed E-state index contributed by atoms with van der Waals surface area (Å²) in [4.78, 5) is 8.79. The van der Waals surface area contributed by atoms with Gasteiger partial charge in [-0.15, -0.1) is 0 Å². The van der Waals surface area contributed by atoms with Crippen LogP contribution in [0.25, 0.3) is 11.4 Å². The number of rotatable bonds is 1. The van der Waals surface area contributed by atoms with Crippen LogP contribution in [0.15, 0.2) is 18.2 Å². The van der Waals surface area contributed by atoms with E-state index < -0.39 is 5.82 Å². The molecule has 98 valence electrons. The van der Waals surface area contributed by atoms with Gasteiger partial charge in [0.1, 0.15) is 11.6 Å². The predicted octanol–water partition coefficient (Wildman–Crippen LogP) is 3.40. The van der Waals surface area contributed by atoms with Gasteiger partial charge in [0.25, 0.3) is 0 Å². The van der Waals surface area contributed by atoms with Crippen LogP contribution >= 0.6 is 11.6 Å². The van der Waals surface area contributed by atoms with E-state index in [4.69, 9.17) is 17.3 Å². The smallest absolute Gasteiger partial charge is 0.161 e. The maximum absolute atomic E-state index is 13.4. The average molecular weight is 278 g/mol. The number of aryl methyl sites for hydroxylation is 1. The summed E-state index contributed by atoms with van der Waals surface area (Å²) in [5.74, 6) is 0.544. The van der Waals surface area contributed by atoms with Crippen LogP contribution in [0.3, 0.4) is 0 Å². The first-order valence-electron chi connectivity index (χ1n) is 6.25. The Kier molecular flexibility index (Phi) is 3.11. The highest BCUT2D eigenvalue weighted by molar-refractivity contribution is 6.30. The summed E-state index contributed by atoms with van der Waals surface area (Å²) >= 11 is 5.86. The van der Waals surface area contributed by atoms with E-state index in [1.54, 1.807) is 6.07 Å². The maximum Gasteiger partial charge on any atom is 0.161 e. The third-order valence-electron chi connectivity index (χ3n) is 3.34. The van der Waals surface area contributed by atoms with Crippen molar-refractivity contribution < 1.29 is 4.39 Å². The van der Waals surface area contributed by atoms with Crippen molar-refractivity contribution in [1.82, 2.24) is 9.97 Å². The Labute approximate surface area is 115 Å². The number of hydrogen-bond donors (Lipinski definition) is 1. The Morgan fingerprint density at radius 1 is 1.11 bits per heavy atom. The van der Waals surface area contributed by atoms with Crippen LogP contribution in [0.4, 0.5) is 10.2 Å². The van der Waals surface area contributed by atoms with E-state index in [2.05, 4.69) is 9.97 Å². The number of nitrogen functional groups attached to an aromatic ring is 1. The normalized spacial score (nSPS) is 14.2. The van der Waals surface area contributed by atoms with Gasteiger partial charge in [0.05, 0.1) is 0 Å². The van der Waals surface area contributed by atoms with Crippen molar-refractivity contribution in [2.75, 3.05) is 5.73 Å². The van der Waals surface area contributed by atoms with Crippen molar-refractivity contribution in [2.45, 2.75) is 25.7 Å². The minimum absolute atomic E-state index is 0.329. The van der Waals surface area contributed by atoms with Gasteiger partial charge in [-0.25, -0.2) is 14.4 Å². The largest absolute Gasteiger partial charge is 0.383 e. The molecule has 0 aliphatic heterocycles. The van der Waals surface area contributed by atoms with Crippen molar-refractivity contribution >= 4 is 17.4 Å². The minimum Gasteiger partial charge on any atom is -0.383 e. The Morgan fingerprint density at radius 3 is 2.68 bits per heavy atom. The molecule has 1 aromatic heterocycles. The van der Waals surface area contributed by atoms with E-state index in [9.17, 15) is 4.39 Å². The fourth-order valence-corrected chi connectivity index (χ4v) is 2.66. The van der Waals surface area contributed by atoms with Gasteiger partial charge in [-0.3, -0.25) is 0 Å². The number of nitrogens with zero attached hydrogens (tertiary/aromatic N) is 2. The Hall–Kier alpha value is -1.68. The zero-order chi connectivity index (χ0) is 13.4. The average Bonchev–Trinajstić information content (AvgIpc) is 2.37. The fraction of sp³-hybridized carbons (Fsp3) is 0.286. The molecule has 19 heavy (non-hydrogen) atoms. The molecule has 1 aliphatic carbocycles. The molecule has 0 spiro atoms. The van der Waals surface area contributed by atoms with Crippen molar-refractivity contribution in [1.29, 1.82) is 0 Å². The van der Waals surface area contributed by atoms with Gasteiger partial charge in [-0.1, -0.05) is 11.6 Å². The highest BCUT2D eigenvalue weighted by Crippen LogP contribution is 2.28. The SMILES string of the molecule is Nc1nc(-c2cc(F)cc(Cl)c2)nc2c1CCCC2. The fourth-order valence-electron chi connectivity index (χ4n) is 2.44. The summed E-state index contributed by atoms with van der Waals surface area (Å²) in [7, 11) is 0. The van der Waals surface area contributed by atoms with Crippen molar-refractivity contribution in [3.63, 3.8) is 0 Å². The van der Waals surface area contributed by atoms with Crippen molar-refractivity contribution in [3.8, 4) is 11.4 Å². The van der Waals surface area contributed by atoms with Crippen molar-refractivity contribution in [2.24, 2.45) is 0 Å². The molecule has 1 aromatic carbocycles. The third-order valence-corrected chi connectivity index (χ3v) is 3.55. The first kappa shape index (κ1) is 12.4. The number of benzene rings is 1. The Morgan fingerprint density at radius 2 is 1.89 bits per heavy atom. The molecule has 0 unspecified atom stereocenters. The van der Waals surface area contributed by atoms with Crippen LogP contribution in [0.1, 0.15) is 24.1 Å². The summed E-state index contributed by atoms with van der Waals surface area (Å²) in [6.07, 6.45) is 4.04. The van der Waals surface area contributed by atoms with E-state index >= 15 is 0 Å². The number of halogens is 2. The number of nitrogens with two attached hydrogens (primary N) is 1. The summed E-state index contributed by atoms with van der Waals surface area (Å²) in [6, 6.07) is 4.28. The standard InChI is InChI=1S/C14H13ClFN3/c15-9-5-8(6-10(16)7-9)14-18-12-4-2-1-3-11(12)13(17)19-14/h5-7H,1-4H2,(H2,17,18,19). The molecular formula is C14H13ClFN3. The van der Waals surface area contributed by atoms with Gasteiger partial charge in [-0.2, -0.15) is 0 Å². The molecule has 0 radical (unpaired) electrons. The second-order valence-electron chi connectivity index (χ2n) is 4.72. The maximum atomic E-state index is 13.4. The van der Waals surface area contributed by atoms with Gasteiger partial charge >= 0.3 is 0 Å². The Balaban J connectivity index is 2.12. The van der Waals surface area contributed by atoms with Gasteiger partial charge in [-0.05, 0) is 43.9 Å². The zero-order valence-corrected chi connectivity index (χ0v) is 11.0. The predicted molar refractivity (Wildman–Crippen MR) is 73.5 cm³/mol. The first-order valence-corrected chi connectivity index (χ1v) is 6.63. The monoisotopic (exact) mass is 277 g/mol. The lowest BCUT2D eigenvalue weighted by atomic mass is 9.96. The number of fused-ring (bicyclic) bond motifs is 1. The summed E-state index contributed by atoms with van der Waals surface area (Å²) < 4.78 is 13.4. The molecule has 1 heterocycles. The zero-order valence-electron chi connectivity index (χ0n) is 10.3. The summed E-state index contributed by atoms with van der Waals surface area (Å²) in [5.41, 5.74) is 8.56. The van der Waals surface area contributed by atoms with E-state index in [0.717, 1.165) is 36.9 Å². The van der Waals surface area contributed by atoms with E-state index in [0.29, 0.717) is 22.2 Å². The highest BCUT2D eigenvalue weighted by Gasteiger charge is 2.17. The molecule has 1 aliphatic rings. The quantitative estimate of drug-likeness (QED) is 0.869. The number of aromatic nitrogens is 2. The lowest BCUT2D eigenvalue weighted by Crippen LogP contribution is -2.11. The van der Waals surface area contributed by atoms with Gasteiger partial charge < -0.3 is 5.73 Å². The molecule has 0 bridgehead atoms. The van der Waals surface area contributed by atoms with Crippen LogP contribution in [0.5, 0.6) is 0 Å². The molecule has 0 atom stereocenters. The second-order valence-corrected chi connectivity index (χ2v) is 5.16. The van der Waals surface area contributed by atoms with Crippen LogP contribution < -0.4 is 5.73 Å². The molecule has 0 saturated carbocycles. The molecular weight excluding hydrogens is 265 g/mol. The lowest BCUT2D eigenvalue weighted by Gasteiger charge is -2.17. The third kappa shape index (κ3) is 2.40. The number of anilines is 1. The number of hydrogen-bond acceptors (Lipinski definition) is 3. The second kappa shape index (κ2) is 4.78. The van der Waals surface area contributed by atoms with E-state index in [-0.39, 0.29) is 0 Å². The first-order chi connectivity index (χ1) is 9.13. The van der Waals surface area contributed by atoms with Crippen LogP contribution in [0, 0.1) is 5.82 Å². The van der Waals surface area contributed by atoms with Crippen LogP contribution in [0.2, 0.25) is 5.02 Å². The molecule has 0 saturated heterocycles. The minimum atomic E-state index is -0.401. The van der Waals surface area contributed by atoms with E-state index in [1.807, 2.05) is 0 Å². The van der Waals surface area contributed by atoms with Gasteiger partial charge in [0.15, 0.2) is 5.82 Å². The van der Waals surface area contributed by atoms with Crippen LogP contribution in [-0.2, 0) is 12.8 Å². The van der Waals surface area contributed by atoms with Gasteiger partial charge in [0.2, 0.25) is 0 Å². The molecule has 5 heteroatoms. The molecule has 0 amide bonds. The van der Waals surface area contributed by atoms with Gasteiger partial charge in [0, 0.05) is 21.8 Å². The van der Waals surface area contributed by atoms with E-state index in [1.165, 1.54) is 12.1 Å². The highest BCUT2D eigenvalue weighted by atomic mass is 35.5. The van der Waals surface area contributed by atoms with Crippen LogP contribution in [-0.4, -0.2) is 9.97 Å². The molecule has 2 aromatic rings. The lowest BCUT2D eigenvalue weighted by molar-refractivity contribution is 0.628. The molecule has 3 rings (SSSR count). The molecule has 3 nitrogen and oxygen atoms in total. The Bertz CT molecular complexity index is 623. The molecule has 0 fully saturated rings. The molecule has 2 N–H and O–H groups in total. The van der Waals surface area contributed by atoms with Crippen molar-refractivity contribution in [3.05, 3.63) is 40.3 Å². The summed E-state index contributed by atoms with van der Waals surface area (Å²) in [6.45, 7) is 0. The topological polar surface area (TPSA) is 51.8 Å².